The first-order chi connectivity index (χ1) is 30.6. The van der Waals surface area contributed by atoms with Gasteiger partial charge in [0.05, 0.1) is 0 Å². The molecule has 9 aromatic carbocycles. The third-order valence-electron chi connectivity index (χ3n) is 10.2. The lowest BCUT2D eigenvalue weighted by molar-refractivity contribution is 1.45. The molecule has 312 valence electrons. The van der Waals surface area contributed by atoms with Crippen LogP contribution in [0.3, 0.4) is 0 Å². The lowest BCUT2D eigenvalue weighted by Gasteiger charge is -2.08. The number of aryl methyl sites for hydroxylation is 3. The fourth-order valence-electron chi connectivity index (χ4n) is 6.58. The molecule has 0 heterocycles. The molecule has 9 rings (SSSR count). The van der Waals surface area contributed by atoms with Crippen LogP contribution in [0.15, 0.2) is 223 Å². The van der Waals surface area contributed by atoms with Crippen LogP contribution in [0.5, 0.6) is 0 Å². The van der Waals surface area contributed by atoms with Gasteiger partial charge in [0.2, 0.25) is 0 Å². The smallest absolute Gasteiger partial charge is 0.0406 e. The summed E-state index contributed by atoms with van der Waals surface area (Å²) in [5.41, 5.74) is 17.7. The maximum atomic E-state index is 5.92. The van der Waals surface area contributed by atoms with E-state index < -0.39 is 0 Å². The average molecular weight is 1020 g/mol. The van der Waals surface area contributed by atoms with Crippen molar-refractivity contribution >= 4 is 84.2 Å². The van der Waals surface area contributed by atoms with Crippen LogP contribution >= 0.6 is 50.1 Å². The number of benzene rings is 9. The molecule has 0 aliphatic heterocycles. The Kier molecular flexibility index (Phi) is 15.9. The summed E-state index contributed by atoms with van der Waals surface area (Å²) < 4.78 is 2.36. The lowest BCUT2D eigenvalue weighted by atomic mass is 10.1. The summed E-state index contributed by atoms with van der Waals surface area (Å²) in [7, 11) is 0. The monoisotopic (exact) mass is 1020 g/mol. The highest BCUT2D eigenvalue weighted by atomic mass is 127. The van der Waals surface area contributed by atoms with Crippen molar-refractivity contribution in [3.05, 3.63) is 248 Å². The first-order valence-corrected chi connectivity index (χ1v) is 23.0. The lowest BCUT2D eigenvalue weighted by Crippen LogP contribution is -1.90. The molecule has 3 nitrogen and oxygen atoms in total. The Morgan fingerprint density at radius 3 is 0.778 bits per heavy atom. The highest BCUT2D eigenvalue weighted by molar-refractivity contribution is 14.1. The normalized spacial score (nSPS) is 10.4. The van der Waals surface area contributed by atoms with Gasteiger partial charge in [-0.15, -0.1) is 0 Å². The molecule has 0 spiro atoms. The van der Waals surface area contributed by atoms with Crippen LogP contribution in [-0.4, -0.2) is 0 Å². The second kappa shape index (κ2) is 22.3. The zero-order chi connectivity index (χ0) is 44.0. The third-order valence-corrected chi connectivity index (χ3v) is 11.7. The highest BCUT2D eigenvalue weighted by Crippen LogP contribution is 2.28. The summed E-state index contributed by atoms with van der Waals surface area (Å²) in [6.45, 7) is 6.28. The minimum absolute atomic E-state index is 0.761. The molecule has 0 atom stereocenters. The largest absolute Gasteiger partial charge is 0.356 e. The van der Waals surface area contributed by atoms with Crippen molar-refractivity contribution in [3.63, 3.8) is 0 Å². The molecule has 0 bridgehead atoms. The summed E-state index contributed by atoms with van der Waals surface area (Å²) in [6.07, 6.45) is 0. The molecule has 0 unspecified atom stereocenters. The molecule has 0 saturated heterocycles. The minimum Gasteiger partial charge on any atom is -0.356 e. The van der Waals surface area contributed by atoms with Gasteiger partial charge in [0.15, 0.2) is 0 Å². The number of nitrogens with one attached hydrogen (secondary N) is 3. The Labute approximate surface area is 399 Å². The first-order valence-electron chi connectivity index (χ1n) is 20.7. The van der Waals surface area contributed by atoms with E-state index in [0.717, 1.165) is 43.6 Å². The van der Waals surface area contributed by atoms with E-state index in [1.807, 2.05) is 24.3 Å². The van der Waals surface area contributed by atoms with Crippen LogP contribution < -0.4 is 16.0 Å². The quantitative estimate of drug-likeness (QED) is 0.126. The maximum absolute atomic E-state index is 5.92. The maximum Gasteiger partial charge on any atom is 0.0406 e. The van der Waals surface area contributed by atoms with Crippen molar-refractivity contribution in [2.24, 2.45) is 0 Å². The number of hydrogen-bond donors (Lipinski definition) is 3. The predicted molar refractivity (Wildman–Crippen MR) is 284 cm³/mol. The summed E-state index contributed by atoms with van der Waals surface area (Å²) in [5, 5.41) is 11.0. The highest BCUT2D eigenvalue weighted by Gasteiger charge is 2.02. The van der Waals surface area contributed by atoms with E-state index in [1.165, 1.54) is 53.6 Å². The molecule has 0 aromatic heterocycles. The van der Waals surface area contributed by atoms with E-state index >= 15 is 0 Å². The molecule has 0 amide bonds. The van der Waals surface area contributed by atoms with Gasteiger partial charge in [-0.3, -0.25) is 0 Å². The van der Waals surface area contributed by atoms with E-state index in [1.54, 1.807) is 0 Å². The van der Waals surface area contributed by atoms with Crippen molar-refractivity contribution in [2.45, 2.75) is 20.8 Å². The molecule has 3 N–H and O–H groups in total. The van der Waals surface area contributed by atoms with Gasteiger partial charge in [-0.25, -0.2) is 0 Å². The Balaban J connectivity index is 0.000000142. The molecule has 0 saturated carbocycles. The summed E-state index contributed by atoms with van der Waals surface area (Å²) >= 11 is 11.7. The second-order valence-corrected chi connectivity index (χ2v) is 17.8. The van der Waals surface area contributed by atoms with Gasteiger partial charge in [0, 0.05) is 47.2 Å². The third kappa shape index (κ3) is 13.9. The van der Waals surface area contributed by atoms with Crippen molar-refractivity contribution < 1.29 is 0 Å². The molecular weight excluding hydrogens is 969 g/mol. The molecular formula is C57H48BrClIN3. The second-order valence-electron chi connectivity index (χ2n) is 15.2. The van der Waals surface area contributed by atoms with E-state index in [-0.39, 0.29) is 0 Å². The molecule has 63 heavy (non-hydrogen) atoms. The molecule has 0 radical (unpaired) electrons. The van der Waals surface area contributed by atoms with Gasteiger partial charge in [-0.05, 0) is 186 Å². The van der Waals surface area contributed by atoms with Gasteiger partial charge in [0.25, 0.3) is 0 Å². The SMILES string of the molecule is Cc1ccc(Nc2ccc(-c3ccc(Br)cc3)cc2)cc1.Cc1ccc(Nc2ccc(-c3ccc(Cl)cc3)cc2)cc1.Cc1ccc(Nc2ccc(-c3ccc(I)cc3)cc2)cc1. The van der Waals surface area contributed by atoms with Crippen molar-refractivity contribution in [3.8, 4) is 33.4 Å². The topological polar surface area (TPSA) is 36.1 Å². The van der Waals surface area contributed by atoms with Crippen LogP contribution in [0.25, 0.3) is 33.4 Å². The summed E-state index contributed by atoms with van der Waals surface area (Å²) in [6, 6.07) is 75.5. The van der Waals surface area contributed by atoms with Gasteiger partial charge < -0.3 is 16.0 Å². The Hall–Kier alpha value is -6.12. The zero-order valence-corrected chi connectivity index (χ0v) is 39.9. The average Bonchev–Trinajstić information content (AvgIpc) is 3.31. The molecule has 0 aliphatic carbocycles. The predicted octanol–water partition coefficient (Wildman–Crippen LogP) is 18.2. The number of rotatable bonds is 9. The summed E-state index contributed by atoms with van der Waals surface area (Å²) in [5.74, 6) is 0. The standard InChI is InChI=1S/C19H16BrN.C19H16ClN.C19H16IN/c3*1-14-2-10-18(11-3-14)21-19-12-6-16(7-13-19)15-4-8-17(20)9-5-15/h3*2-13,21H,1H3. The fraction of sp³-hybridized carbons (Fsp3) is 0.0526. The van der Waals surface area contributed by atoms with Gasteiger partial charge in [0.1, 0.15) is 0 Å². The van der Waals surface area contributed by atoms with Crippen LogP contribution in [-0.2, 0) is 0 Å². The van der Waals surface area contributed by atoms with Crippen LogP contribution in [0.1, 0.15) is 16.7 Å². The van der Waals surface area contributed by atoms with E-state index in [4.69, 9.17) is 11.6 Å². The van der Waals surface area contributed by atoms with Crippen LogP contribution in [0.2, 0.25) is 5.02 Å². The van der Waals surface area contributed by atoms with Gasteiger partial charge in [-0.1, -0.05) is 153 Å². The van der Waals surface area contributed by atoms with E-state index in [2.05, 4.69) is 269 Å². The summed E-state index contributed by atoms with van der Waals surface area (Å²) in [4.78, 5) is 0. The van der Waals surface area contributed by atoms with Crippen LogP contribution in [0, 0.1) is 24.3 Å². The Bertz CT molecular complexity index is 2460. The number of halogens is 3. The van der Waals surface area contributed by atoms with Crippen LogP contribution in [0.4, 0.5) is 34.1 Å². The number of anilines is 6. The van der Waals surface area contributed by atoms with Crippen molar-refractivity contribution in [1.29, 1.82) is 0 Å². The zero-order valence-electron chi connectivity index (χ0n) is 35.4. The fourth-order valence-corrected chi connectivity index (χ4v) is 7.33. The molecule has 9 aromatic rings. The van der Waals surface area contributed by atoms with Gasteiger partial charge >= 0.3 is 0 Å². The minimum atomic E-state index is 0.761. The molecule has 6 heteroatoms. The Morgan fingerprint density at radius 2 is 0.508 bits per heavy atom. The number of hydrogen-bond acceptors (Lipinski definition) is 3. The van der Waals surface area contributed by atoms with E-state index in [0.29, 0.717) is 0 Å². The Morgan fingerprint density at radius 1 is 0.302 bits per heavy atom. The van der Waals surface area contributed by atoms with Crippen molar-refractivity contribution in [2.75, 3.05) is 16.0 Å². The van der Waals surface area contributed by atoms with Gasteiger partial charge in [-0.2, -0.15) is 0 Å². The molecule has 0 fully saturated rings. The first kappa shape index (κ1) is 44.9. The molecule has 0 aliphatic rings. The van der Waals surface area contributed by atoms with E-state index in [9.17, 15) is 0 Å². The van der Waals surface area contributed by atoms with Crippen molar-refractivity contribution in [1.82, 2.24) is 0 Å².